The number of fused-ring (bicyclic) bond motifs is 1. The second-order valence-corrected chi connectivity index (χ2v) is 6.63. The molecule has 1 heterocycles. The maximum atomic E-state index is 12.6. The van der Waals surface area contributed by atoms with Crippen LogP contribution in [0.3, 0.4) is 0 Å². The summed E-state index contributed by atoms with van der Waals surface area (Å²) in [6, 6.07) is 6.67. The van der Waals surface area contributed by atoms with Crippen molar-refractivity contribution in [1.29, 1.82) is 0 Å². The second kappa shape index (κ2) is 5.21. The molecule has 0 saturated heterocycles. The largest absolute Gasteiger partial charge is 0.443 e. The predicted molar refractivity (Wildman–Crippen MR) is 82.9 cm³/mol. The molecule has 2 aromatic rings. The maximum Gasteiger partial charge on any atom is 0.423 e. The van der Waals surface area contributed by atoms with Crippen LogP contribution in [0.1, 0.15) is 40.4 Å². The second-order valence-electron chi connectivity index (χ2n) is 6.63. The van der Waals surface area contributed by atoms with Gasteiger partial charge in [-0.15, -0.1) is 0 Å². The molecule has 0 atom stereocenters. The Labute approximate surface area is 128 Å². The fourth-order valence-electron chi connectivity index (χ4n) is 2.02. The van der Waals surface area contributed by atoms with Crippen LogP contribution in [-0.2, 0) is 10.3 Å². The van der Waals surface area contributed by atoms with Gasteiger partial charge in [-0.3, -0.25) is 4.79 Å². The first-order valence-electron chi connectivity index (χ1n) is 6.99. The molecule has 0 aliphatic carbocycles. The third-order valence-electron chi connectivity index (χ3n) is 2.90. The molecule has 22 heavy (non-hydrogen) atoms. The van der Waals surface area contributed by atoms with Crippen LogP contribution in [0.15, 0.2) is 29.1 Å². The van der Waals surface area contributed by atoms with Crippen LogP contribution in [0.2, 0.25) is 0 Å². The van der Waals surface area contributed by atoms with E-state index < -0.39 is 22.9 Å². The van der Waals surface area contributed by atoms with E-state index in [1.807, 2.05) is 0 Å². The molecule has 1 aromatic heterocycles. The van der Waals surface area contributed by atoms with Gasteiger partial charge in [0.1, 0.15) is 11.2 Å². The van der Waals surface area contributed by atoms with Gasteiger partial charge in [-0.1, -0.05) is 12.1 Å². The van der Waals surface area contributed by atoms with Crippen molar-refractivity contribution >= 4 is 17.0 Å². The van der Waals surface area contributed by atoms with E-state index in [0.717, 1.165) is 4.57 Å². The normalized spacial score (nSPS) is 12.5. The summed E-state index contributed by atoms with van der Waals surface area (Å²) < 4.78 is 6.06. The SMILES string of the molecule is CC(C)(C)OC(=O)n1c(C(C)(C)O)nc2ccccc2c1=O. The van der Waals surface area contributed by atoms with Gasteiger partial charge in [0, 0.05) is 0 Å². The molecule has 118 valence electrons. The zero-order chi connectivity index (χ0) is 16.7. The van der Waals surface area contributed by atoms with Gasteiger partial charge in [0.05, 0.1) is 10.9 Å². The summed E-state index contributed by atoms with van der Waals surface area (Å²) in [4.78, 5) is 29.3. The smallest absolute Gasteiger partial charge is 0.423 e. The molecule has 6 heteroatoms. The van der Waals surface area contributed by atoms with Crippen molar-refractivity contribution in [3.05, 3.63) is 40.4 Å². The maximum absolute atomic E-state index is 12.6. The third kappa shape index (κ3) is 3.17. The van der Waals surface area contributed by atoms with Crippen molar-refractivity contribution in [3.63, 3.8) is 0 Å². The highest BCUT2D eigenvalue weighted by atomic mass is 16.6. The van der Waals surface area contributed by atoms with E-state index >= 15 is 0 Å². The van der Waals surface area contributed by atoms with Gasteiger partial charge in [-0.2, -0.15) is 4.57 Å². The molecule has 0 fully saturated rings. The molecule has 1 N–H and O–H groups in total. The molecule has 0 aliphatic heterocycles. The Bertz CT molecular complexity index is 779. The molecule has 0 bridgehead atoms. The molecule has 0 saturated carbocycles. The van der Waals surface area contributed by atoms with Crippen LogP contribution in [-0.4, -0.2) is 26.4 Å². The minimum absolute atomic E-state index is 0.0505. The molecule has 0 unspecified atom stereocenters. The molecule has 1 aromatic carbocycles. The molecule has 0 radical (unpaired) electrons. The van der Waals surface area contributed by atoms with Crippen molar-refractivity contribution in [2.45, 2.75) is 45.8 Å². The van der Waals surface area contributed by atoms with Crippen molar-refractivity contribution in [3.8, 4) is 0 Å². The first kappa shape index (κ1) is 16.2. The highest BCUT2D eigenvalue weighted by molar-refractivity contribution is 5.81. The number of hydrogen-bond acceptors (Lipinski definition) is 5. The van der Waals surface area contributed by atoms with Crippen LogP contribution >= 0.6 is 0 Å². The fraction of sp³-hybridized carbons (Fsp3) is 0.438. The van der Waals surface area contributed by atoms with Crippen LogP contribution in [0, 0.1) is 0 Å². The Morgan fingerprint density at radius 3 is 2.32 bits per heavy atom. The van der Waals surface area contributed by atoms with Gasteiger partial charge in [0.2, 0.25) is 0 Å². The van der Waals surface area contributed by atoms with Gasteiger partial charge in [-0.25, -0.2) is 9.78 Å². The molecule has 2 rings (SSSR count). The minimum Gasteiger partial charge on any atom is -0.443 e. The Kier molecular flexibility index (Phi) is 3.83. The summed E-state index contributed by atoms with van der Waals surface area (Å²) in [6.07, 6.45) is -0.854. The average Bonchev–Trinajstić information content (AvgIpc) is 2.35. The third-order valence-corrected chi connectivity index (χ3v) is 2.90. The summed E-state index contributed by atoms with van der Waals surface area (Å²) in [7, 11) is 0. The highest BCUT2D eigenvalue weighted by Crippen LogP contribution is 2.20. The van der Waals surface area contributed by atoms with Crippen LogP contribution < -0.4 is 5.56 Å². The van der Waals surface area contributed by atoms with E-state index in [-0.39, 0.29) is 5.82 Å². The summed E-state index contributed by atoms with van der Waals surface area (Å²) >= 11 is 0. The van der Waals surface area contributed by atoms with Crippen LogP contribution in [0.4, 0.5) is 4.79 Å². The number of para-hydroxylation sites is 1. The van der Waals surface area contributed by atoms with E-state index in [2.05, 4.69) is 4.98 Å². The van der Waals surface area contributed by atoms with E-state index in [9.17, 15) is 14.7 Å². The Hall–Kier alpha value is -2.21. The number of benzene rings is 1. The number of carbonyl (C=O) groups excluding carboxylic acids is 1. The topological polar surface area (TPSA) is 81.4 Å². The summed E-state index contributed by atoms with van der Waals surface area (Å²) in [5.74, 6) is -0.0505. The van der Waals surface area contributed by atoms with E-state index in [4.69, 9.17) is 4.74 Å². The lowest BCUT2D eigenvalue weighted by molar-refractivity contribution is 0.0392. The zero-order valence-corrected chi connectivity index (χ0v) is 13.4. The summed E-state index contributed by atoms with van der Waals surface area (Å²) in [5.41, 5.74) is -2.37. The highest BCUT2D eigenvalue weighted by Gasteiger charge is 2.30. The lowest BCUT2D eigenvalue weighted by Crippen LogP contribution is -2.40. The fourth-order valence-corrected chi connectivity index (χ4v) is 2.02. The van der Waals surface area contributed by atoms with E-state index in [1.165, 1.54) is 13.8 Å². The lowest BCUT2D eigenvalue weighted by atomic mass is 10.1. The van der Waals surface area contributed by atoms with Gasteiger partial charge in [0.25, 0.3) is 5.56 Å². The Morgan fingerprint density at radius 1 is 1.18 bits per heavy atom. The number of nitrogens with zero attached hydrogens (tertiary/aromatic N) is 2. The van der Waals surface area contributed by atoms with Crippen LogP contribution in [0.5, 0.6) is 0 Å². The summed E-state index contributed by atoms with van der Waals surface area (Å²) in [5, 5.41) is 10.6. The van der Waals surface area contributed by atoms with Crippen molar-refractivity contribution in [2.75, 3.05) is 0 Å². The molecule has 0 aliphatic rings. The number of ether oxygens (including phenoxy) is 1. The average molecular weight is 304 g/mol. The number of aliphatic hydroxyl groups is 1. The number of hydrogen-bond donors (Lipinski definition) is 1. The van der Waals surface area contributed by atoms with Crippen molar-refractivity contribution in [1.82, 2.24) is 9.55 Å². The van der Waals surface area contributed by atoms with Crippen LogP contribution in [0.25, 0.3) is 10.9 Å². The predicted octanol–water partition coefficient (Wildman–Crippen LogP) is 2.41. The monoisotopic (exact) mass is 304 g/mol. The molecule has 0 amide bonds. The number of carbonyl (C=O) groups is 1. The Morgan fingerprint density at radius 2 is 1.77 bits per heavy atom. The molecular weight excluding hydrogens is 284 g/mol. The standard InChI is InChI=1S/C16H20N2O4/c1-15(2,3)22-14(20)18-12(19)10-8-6-7-9-11(10)17-13(18)16(4,5)21/h6-9,21H,1-5H3. The number of rotatable bonds is 1. The minimum atomic E-state index is -1.47. The van der Waals surface area contributed by atoms with Crippen molar-refractivity contribution < 1.29 is 14.6 Å². The van der Waals surface area contributed by atoms with Gasteiger partial charge in [-0.05, 0) is 46.8 Å². The van der Waals surface area contributed by atoms with Gasteiger partial charge >= 0.3 is 6.09 Å². The van der Waals surface area contributed by atoms with E-state index in [0.29, 0.717) is 10.9 Å². The summed E-state index contributed by atoms with van der Waals surface area (Å²) in [6.45, 7) is 8.03. The lowest BCUT2D eigenvalue weighted by Gasteiger charge is -2.24. The number of aromatic nitrogens is 2. The van der Waals surface area contributed by atoms with Gasteiger partial charge < -0.3 is 9.84 Å². The van der Waals surface area contributed by atoms with Gasteiger partial charge in [0.15, 0.2) is 5.82 Å². The molecule has 0 spiro atoms. The first-order chi connectivity index (χ1) is 10.0. The quantitative estimate of drug-likeness (QED) is 0.875. The van der Waals surface area contributed by atoms with E-state index in [1.54, 1.807) is 45.0 Å². The Balaban J connectivity index is 2.78. The molecule has 6 nitrogen and oxygen atoms in total. The first-order valence-corrected chi connectivity index (χ1v) is 6.99. The zero-order valence-electron chi connectivity index (χ0n) is 13.4. The van der Waals surface area contributed by atoms with Crippen molar-refractivity contribution in [2.24, 2.45) is 0 Å². The molecular formula is C16H20N2O4.